The first-order chi connectivity index (χ1) is 8.08. The summed E-state index contributed by atoms with van der Waals surface area (Å²) in [5.74, 6) is -0.410. The molecule has 0 aliphatic heterocycles. The van der Waals surface area contributed by atoms with Crippen molar-refractivity contribution in [2.45, 2.75) is 38.8 Å². The van der Waals surface area contributed by atoms with E-state index in [1.54, 1.807) is 0 Å². The van der Waals surface area contributed by atoms with Crippen LogP contribution < -0.4 is 5.32 Å². The summed E-state index contributed by atoms with van der Waals surface area (Å²) in [5.41, 5.74) is 2.36. The van der Waals surface area contributed by atoms with E-state index in [0.29, 0.717) is 5.92 Å². The van der Waals surface area contributed by atoms with Gasteiger partial charge in [0.2, 0.25) is 0 Å². The number of aryl methyl sites for hydroxylation is 1. The molecule has 17 heavy (non-hydrogen) atoms. The number of benzene rings is 1. The Morgan fingerprint density at radius 3 is 2.41 bits per heavy atom. The minimum Gasteiger partial charge on any atom is -0.480 e. The SMILES string of the molecule is Cc1ccc(C(C)NC(C(=O)O)C2CC2)cc1. The fourth-order valence-corrected chi connectivity index (χ4v) is 2.06. The van der Waals surface area contributed by atoms with Crippen LogP contribution in [0.3, 0.4) is 0 Å². The lowest BCUT2D eigenvalue weighted by atomic mass is 10.0. The fraction of sp³-hybridized carbons (Fsp3) is 0.500. The number of nitrogens with one attached hydrogen (secondary N) is 1. The number of hydrogen-bond donors (Lipinski definition) is 2. The van der Waals surface area contributed by atoms with Crippen molar-refractivity contribution in [1.29, 1.82) is 0 Å². The summed E-state index contributed by atoms with van der Waals surface area (Å²) in [7, 11) is 0. The first-order valence-corrected chi connectivity index (χ1v) is 6.13. The van der Waals surface area contributed by atoms with Crippen molar-refractivity contribution in [3.05, 3.63) is 35.4 Å². The highest BCUT2D eigenvalue weighted by molar-refractivity contribution is 5.74. The Hall–Kier alpha value is -1.35. The predicted octanol–water partition coefficient (Wildman–Crippen LogP) is 2.51. The van der Waals surface area contributed by atoms with Gasteiger partial charge in [-0.1, -0.05) is 29.8 Å². The summed E-state index contributed by atoms with van der Waals surface area (Å²) < 4.78 is 0. The highest BCUT2D eigenvalue weighted by Gasteiger charge is 2.36. The van der Waals surface area contributed by atoms with E-state index < -0.39 is 12.0 Å². The van der Waals surface area contributed by atoms with Gasteiger partial charge < -0.3 is 5.11 Å². The number of carboxylic acids is 1. The lowest BCUT2D eigenvalue weighted by Gasteiger charge is -2.20. The van der Waals surface area contributed by atoms with E-state index in [9.17, 15) is 4.79 Å². The van der Waals surface area contributed by atoms with Crippen molar-refractivity contribution in [3.8, 4) is 0 Å². The van der Waals surface area contributed by atoms with Gasteiger partial charge in [-0.05, 0) is 38.2 Å². The Balaban J connectivity index is 2.01. The summed E-state index contributed by atoms with van der Waals surface area (Å²) in [6, 6.07) is 7.90. The summed E-state index contributed by atoms with van der Waals surface area (Å²) in [6.07, 6.45) is 2.06. The van der Waals surface area contributed by atoms with E-state index in [4.69, 9.17) is 5.11 Å². The van der Waals surface area contributed by atoms with Gasteiger partial charge in [-0.3, -0.25) is 10.1 Å². The molecule has 1 aromatic rings. The zero-order chi connectivity index (χ0) is 12.4. The molecule has 1 aliphatic carbocycles. The van der Waals surface area contributed by atoms with Crippen LogP contribution in [0.1, 0.15) is 36.9 Å². The van der Waals surface area contributed by atoms with Crippen molar-refractivity contribution < 1.29 is 9.90 Å². The van der Waals surface area contributed by atoms with E-state index in [0.717, 1.165) is 18.4 Å². The molecule has 0 spiro atoms. The average molecular weight is 233 g/mol. The first-order valence-electron chi connectivity index (χ1n) is 6.13. The monoisotopic (exact) mass is 233 g/mol. The van der Waals surface area contributed by atoms with Gasteiger partial charge in [0.25, 0.3) is 0 Å². The Kier molecular flexibility index (Phi) is 3.48. The lowest BCUT2D eigenvalue weighted by Crippen LogP contribution is -2.39. The zero-order valence-corrected chi connectivity index (χ0v) is 10.3. The molecular weight excluding hydrogens is 214 g/mol. The molecular formula is C14H19NO2. The number of aliphatic carboxylic acids is 1. The molecule has 0 radical (unpaired) electrons. The van der Waals surface area contributed by atoms with Crippen LogP contribution in [0.2, 0.25) is 0 Å². The molecule has 0 amide bonds. The van der Waals surface area contributed by atoms with Gasteiger partial charge in [-0.15, -0.1) is 0 Å². The standard InChI is InChI=1S/C14H19NO2/c1-9-3-5-11(6-4-9)10(2)15-13(14(16)17)12-7-8-12/h3-6,10,12-13,15H,7-8H2,1-2H3,(H,16,17). The molecule has 1 aromatic carbocycles. The van der Waals surface area contributed by atoms with Crippen molar-refractivity contribution in [3.63, 3.8) is 0 Å². The number of hydrogen-bond acceptors (Lipinski definition) is 2. The van der Waals surface area contributed by atoms with Crippen LogP contribution in [-0.4, -0.2) is 17.1 Å². The zero-order valence-electron chi connectivity index (χ0n) is 10.3. The van der Waals surface area contributed by atoms with Crippen LogP contribution in [-0.2, 0) is 4.79 Å². The molecule has 0 heterocycles. The summed E-state index contributed by atoms with van der Waals surface area (Å²) in [6.45, 7) is 4.06. The molecule has 1 aliphatic rings. The van der Waals surface area contributed by atoms with Gasteiger partial charge in [0, 0.05) is 6.04 Å². The van der Waals surface area contributed by atoms with Gasteiger partial charge in [0.05, 0.1) is 0 Å². The number of carboxylic acid groups (broad SMARTS) is 1. The van der Waals surface area contributed by atoms with Gasteiger partial charge in [0.15, 0.2) is 0 Å². The lowest BCUT2D eigenvalue weighted by molar-refractivity contribution is -0.140. The highest BCUT2D eigenvalue weighted by Crippen LogP contribution is 2.33. The van der Waals surface area contributed by atoms with Gasteiger partial charge in [0.1, 0.15) is 6.04 Å². The van der Waals surface area contributed by atoms with E-state index in [2.05, 4.69) is 29.6 Å². The van der Waals surface area contributed by atoms with Crippen LogP contribution in [0.25, 0.3) is 0 Å². The van der Waals surface area contributed by atoms with Gasteiger partial charge in [-0.2, -0.15) is 0 Å². The molecule has 3 nitrogen and oxygen atoms in total. The number of rotatable bonds is 5. The van der Waals surface area contributed by atoms with E-state index in [1.807, 2.05) is 13.8 Å². The molecule has 0 bridgehead atoms. The third-order valence-electron chi connectivity index (χ3n) is 3.37. The molecule has 1 fully saturated rings. The third-order valence-corrected chi connectivity index (χ3v) is 3.37. The van der Waals surface area contributed by atoms with Crippen molar-refractivity contribution >= 4 is 5.97 Å². The first kappa shape index (κ1) is 12.1. The molecule has 1 saturated carbocycles. The predicted molar refractivity (Wildman–Crippen MR) is 66.9 cm³/mol. The van der Waals surface area contributed by atoms with E-state index in [-0.39, 0.29) is 6.04 Å². The Morgan fingerprint density at radius 1 is 1.35 bits per heavy atom. The summed E-state index contributed by atoms with van der Waals surface area (Å²) in [5, 5.41) is 12.4. The van der Waals surface area contributed by atoms with Crippen molar-refractivity contribution in [2.24, 2.45) is 5.92 Å². The second-order valence-electron chi connectivity index (χ2n) is 4.95. The van der Waals surface area contributed by atoms with Crippen LogP contribution in [0, 0.1) is 12.8 Å². The molecule has 92 valence electrons. The fourth-order valence-electron chi connectivity index (χ4n) is 2.06. The quantitative estimate of drug-likeness (QED) is 0.821. The minimum absolute atomic E-state index is 0.0808. The Bertz CT molecular complexity index is 395. The normalized spacial score (nSPS) is 18.7. The molecule has 2 unspecified atom stereocenters. The molecule has 2 rings (SSSR count). The van der Waals surface area contributed by atoms with Crippen molar-refractivity contribution in [1.82, 2.24) is 5.32 Å². The maximum absolute atomic E-state index is 11.1. The summed E-state index contributed by atoms with van der Waals surface area (Å²) in [4.78, 5) is 11.1. The minimum atomic E-state index is -0.730. The van der Waals surface area contributed by atoms with Crippen LogP contribution in [0.4, 0.5) is 0 Å². The van der Waals surface area contributed by atoms with Crippen LogP contribution >= 0.6 is 0 Å². The van der Waals surface area contributed by atoms with Crippen LogP contribution in [0.5, 0.6) is 0 Å². The second-order valence-corrected chi connectivity index (χ2v) is 4.95. The molecule has 0 aromatic heterocycles. The van der Waals surface area contributed by atoms with Gasteiger partial charge >= 0.3 is 5.97 Å². The smallest absolute Gasteiger partial charge is 0.320 e. The van der Waals surface area contributed by atoms with Gasteiger partial charge in [-0.25, -0.2) is 0 Å². The maximum Gasteiger partial charge on any atom is 0.320 e. The Labute approximate surface area is 102 Å². The maximum atomic E-state index is 11.1. The topological polar surface area (TPSA) is 49.3 Å². The highest BCUT2D eigenvalue weighted by atomic mass is 16.4. The molecule has 2 atom stereocenters. The molecule has 0 saturated heterocycles. The van der Waals surface area contributed by atoms with Crippen LogP contribution in [0.15, 0.2) is 24.3 Å². The molecule has 2 N–H and O–H groups in total. The summed E-state index contributed by atoms with van der Waals surface area (Å²) >= 11 is 0. The van der Waals surface area contributed by atoms with Crippen molar-refractivity contribution in [2.75, 3.05) is 0 Å². The van der Waals surface area contributed by atoms with E-state index >= 15 is 0 Å². The van der Waals surface area contributed by atoms with E-state index in [1.165, 1.54) is 5.56 Å². The average Bonchev–Trinajstić information content (AvgIpc) is 3.10. The Morgan fingerprint density at radius 2 is 1.94 bits per heavy atom. The number of carbonyl (C=O) groups is 1. The third kappa shape index (κ3) is 3.07. The molecule has 3 heteroatoms. The largest absolute Gasteiger partial charge is 0.480 e. The second kappa shape index (κ2) is 4.88.